The molecule has 1 unspecified atom stereocenters. The Balaban J connectivity index is 2.32. The summed E-state index contributed by atoms with van der Waals surface area (Å²) in [6, 6.07) is 4.58. The Kier molecular flexibility index (Phi) is 4.42. The first-order chi connectivity index (χ1) is 9.91. The van der Waals surface area contributed by atoms with Crippen molar-refractivity contribution in [1.29, 1.82) is 0 Å². The minimum atomic E-state index is -0.584. The van der Waals surface area contributed by atoms with Crippen LogP contribution in [0.2, 0.25) is 0 Å². The second-order valence-electron chi connectivity index (χ2n) is 5.56. The van der Waals surface area contributed by atoms with E-state index in [1.165, 1.54) is 12.1 Å². The predicted molar refractivity (Wildman–Crippen MR) is 80.1 cm³/mol. The zero-order chi connectivity index (χ0) is 15.6. The van der Waals surface area contributed by atoms with Crippen molar-refractivity contribution in [2.24, 2.45) is 0 Å². The molecule has 0 spiro atoms. The summed E-state index contributed by atoms with van der Waals surface area (Å²) in [6.45, 7) is 1.38. The third kappa shape index (κ3) is 3.13. The SMILES string of the molecule is CN(C)CC1CCCN1C(=O)c1cccc(N)c1[N+](=O)[O-]. The third-order valence-corrected chi connectivity index (χ3v) is 3.69. The number of nitrogen functional groups attached to an aromatic ring is 1. The van der Waals surface area contributed by atoms with Crippen molar-refractivity contribution in [2.75, 3.05) is 32.9 Å². The van der Waals surface area contributed by atoms with E-state index >= 15 is 0 Å². The van der Waals surface area contributed by atoms with E-state index in [1.54, 1.807) is 11.0 Å². The van der Waals surface area contributed by atoms with Crippen LogP contribution in [0.3, 0.4) is 0 Å². The number of anilines is 1. The summed E-state index contributed by atoms with van der Waals surface area (Å²) >= 11 is 0. The van der Waals surface area contributed by atoms with E-state index in [0.29, 0.717) is 6.54 Å². The first-order valence-corrected chi connectivity index (χ1v) is 6.90. The van der Waals surface area contributed by atoms with Gasteiger partial charge in [0, 0.05) is 19.1 Å². The highest BCUT2D eigenvalue weighted by Crippen LogP contribution is 2.29. The molecule has 2 N–H and O–H groups in total. The van der Waals surface area contributed by atoms with Crippen LogP contribution in [0.1, 0.15) is 23.2 Å². The molecular formula is C14H20N4O3. The Labute approximate surface area is 123 Å². The zero-order valence-corrected chi connectivity index (χ0v) is 12.3. The summed E-state index contributed by atoms with van der Waals surface area (Å²) in [5, 5.41) is 11.2. The summed E-state index contributed by atoms with van der Waals surface area (Å²) in [4.78, 5) is 27.0. The van der Waals surface area contributed by atoms with Gasteiger partial charge in [-0.3, -0.25) is 14.9 Å². The molecule has 1 aliphatic rings. The molecule has 0 bridgehead atoms. The number of amides is 1. The van der Waals surface area contributed by atoms with E-state index in [1.807, 2.05) is 19.0 Å². The van der Waals surface area contributed by atoms with E-state index in [4.69, 9.17) is 5.73 Å². The van der Waals surface area contributed by atoms with Crippen LogP contribution in [-0.4, -0.2) is 53.9 Å². The molecule has 0 aliphatic carbocycles. The molecule has 114 valence electrons. The fourth-order valence-corrected chi connectivity index (χ4v) is 2.81. The number of nitrogens with zero attached hydrogens (tertiary/aromatic N) is 3. The fourth-order valence-electron chi connectivity index (χ4n) is 2.81. The molecule has 1 aromatic rings. The first-order valence-electron chi connectivity index (χ1n) is 6.90. The number of benzene rings is 1. The second-order valence-corrected chi connectivity index (χ2v) is 5.56. The fraction of sp³-hybridized carbons (Fsp3) is 0.500. The minimum absolute atomic E-state index is 0.0224. The molecule has 1 saturated heterocycles. The predicted octanol–water partition coefficient (Wildman–Crippen LogP) is 1.34. The average Bonchev–Trinajstić information content (AvgIpc) is 2.84. The van der Waals surface area contributed by atoms with Crippen LogP contribution in [0.4, 0.5) is 11.4 Å². The number of hydrogen-bond acceptors (Lipinski definition) is 5. The van der Waals surface area contributed by atoms with Crippen LogP contribution in [0.5, 0.6) is 0 Å². The number of rotatable bonds is 4. The van der Waals surface area contributed by atoms with E-state index in [9.17, 15) is 14.9 Å². The molecule has 0 saturated carbocycles. The number of hydrogen-bond donors (Lipinski definition) is 1. The third-order valence-electron chi connectivity index (χ3n) is 3.69. The molecular weight excluding hydrogens is 272 g/mol. The summed E-state index contributed by atoms with van der Waals surface area (Å²) in [5.74, 6) is -0.307. The van der Waals surface area contributed by atoms with Crippen molar-refractivity contribution in [1.82, 2.24) is 9.80 Å². The lowest BCUT2D eigenvalue weighted by Crippen LogP contribution is -2.41. The standard InChI is InChI=1S/C14H20N4O3/c1-16(2)9-10-5-4-8-17(10)14(19)11-6-3-7-12(15)13(11)18(20)21/h3,6-7,10H,4-5,8-9,15H2,1-2H3. The molecule has 1 heterocycles. The summed E-state index contributed by atoms with van der Waals surface area (Å²) < 4.78 is 0. The van der Waals surface area contributed by atoms with Crippen LogP contribution >= 0.6 is 0 Å². The van der Waals surface area contributed by atoms with Crippen LogP contribution in [-0.2, 0) is 0 Å². The minimum Gasteiger partial charge on any atom is -0.393 e. The van der Waals surface area contributed by atoms with Crippen molar-refractivity contribution in [3.63, 3.8) is 0 Å². The van der Waals surface area contributed by atoms with Crippen LogP contribution in [0.25, 0.3) is 0 Å². The lowest BCUT2D eigenvalue weighted by molar-refractivity contribution is -0.384. The van der Waals surface area contributed by atoms with E-state index in [0.717, 1.165) is 19.4 Å². The van der Waals surface area contributed by atoms with Gasteiger partial charge in [0.2, 0.25) is 0 Å². The topological polar surface area (TPSA) is 92.7 Å². The van der Waals surface area contributed by atoms with Gasteiger partial charge < -0.3 is 15.5 Å². The van der Waals surface area contributed by atoms with Gasteiger partial charge in [0.05, 0.1) is 4.92 Å². The van der Waals surface area contributed by atoms with Crippen molar-refractivity contribution in [2.45, 2.75) is 18.9 Å². The number of likely N-dealkylation sites (N-methyl/N-ethyl adjacent to an activating group) is 1. The number of likely N-dealkylation sites (tertiary alicyclic amines) is 1. The highest BCUT2D eigenvalue weighted by atomic mass is 16.6. The van der Waals surface area contributed by atoms with Crippen LogP contribution in [0, 0.1) is 10.1 Å². The molecule has 1 fully saturated rings. The monoisotopic (exact) mass is 292 g/mol. The van der Waals surface area contributed by atoms with Gasteiger partial charge in [-0.2, -0.15) is 0 Å². The second kappa shape index (κ2) is 6.09. The smallest absolute Gasteiger partial charge is 0.304 e. The number of para-hydroxylation sites is 1. The van der Waals surface area contributed by atoms with Crippen molar-refractivity contribution in [3.8, 4) is 0 Å². The Bertz CT molecular complexity index is 559. The van der Waals surface area contributed by atoms with Gasteiger partial charge in [0.1, 0.15) is 11.3 Å². The Hall–Kier alpha value is -2.15. The largest absolute Gasteiger partial charge is 0.393 e. The molecule has 2 rings (SSSR count). The quantitative estimate of drug-likeness (QED) is 0.513. The summed E-state index contributed by atoms with van der Waals surface area (Å²) in [7, 11) is 3.90. The maximum Gasteiger partial charge on any atom is 0.304 e. The average molecular weight is 292 g/mol. The van der Waals surface area contributed by atoms with E-state index in [2.05, 4.69) is 0 Å². The van der Waals surface area contributed by atoms with Gasteiger partial charge >= 0.3 is 5.69 Å². The Morgan fingerprint density at radius 2 is 2.24 bits per heavy atom. The van der Waals surface area contributed by atoms with Gasteiger partial charge in [-0.05, 0) is 39.1 Å². The molecule has 1 amide bonds. The lowest BCUT2D eigenvalue weighted by atomic mass is 10.1. The molecule has 1 aliphatic heterocycles. The van der Waals surface area contributed by atoms with E-state index < -0.39 is 4.92 Å². The molecule has 21 heavy (non-hydrogen) atoms. The van der Waals surface area contributed by atoms with Crippen molar-refractivity contribution < 1.29 is 9.72 Å². The van der Waals surface area contributed by atoms with Gasteiger partial charge in [0.25, 0.3) is 5.91 Å². The maximum absolute atomic E-state index is 12.7. The highest BCUT2D eigenvalue weighted by molar-refractivity contribution is 6.00. The normalized spacial score (nSPS) is 18.2. The van der Waals surface area contributed by atoms with E-state index in [-0.39, 0.29) is 28.9 Å². The van der Waals surface area contributed by atoms with Gasteiger partial charge in [0.15, 0.2) is 0 Å². The Morgan fingerprint density at radius 3 is 2.86 bits per heavy atom. The molecule has 7 heteroatoms. The molecule has 7 nitrogen and oxygen atoms in total. The number of carbonyl (C=O) groups is 1. The number of nitro groups is 1. The maximum atomic E-state index is 12.7. The molecule has 1 aromatic carbocycles. The number of nitrogens with two attached hydrogens (primary N) is 1. The molecule has 1 atom stereocenters. The summed E-state index contributed by atoms with van der Waals surface area (Å²) in [5.41, 5.74) is 5.46. The van der Waals surface area contributed by atoms with Gasteiger partial charge in [-0.15, -0.1) is 0 Å². The number of nitro benzene ring substituents is 1. The van der Waals surface area contributed by atoms with Crippen molar-refractivity contribution >= 4 is 17.3 Å². The van der Waals surface area contributed by atoms with Crippen molar-refractivity contribution in [3.05, 3.63) is 33.9 Å². The number of carbonyl (C=O) groups excluding carboxylic acids is 1. The first kappa shape index (κ1) is 15.2. The lowest BCUT2D eigenvalue weighted by Gasteiger charge is -2.27. The highest BCUT2D eigenvalue weighted by Gasteiger charge is 2.33. The zero-order valence-electron chi connectivity index (χ0n) is 12.3. The molecule has 0 aromatic heterocycles. The van der Waals surface area contributed by atoms with Crippen LogP contribution < -0.4 is 5.73 Å². The van der Waals surface area contributed by atoms with Crippen LogP contribution in [0.15, 0.2) is 18.2 Å². The molecule has 0 radical (unpaired) electrons. The van der Waals surface area contributed by atoms with Gasteiger partial charge in [-0.25, -0.2) is 0 Å². The van der Waals surface area contributed by atoms with Gasteiger partial charge in [-0.1, -0.05) is 6.07 Å². The Morgan fingerprint density at radius 1 is 1.52 bits per heavy atom. The summed E-state index contributed by atoms with van der Waals surface area (Å²) in [6.07, 6.45) is 1.83.